The molecule has 0 spiro atoms. The van der Waals surface area contributed by atoms with Gasteiger partial charge >= 0.3 is 6.09 Å². The third kappa shape index (κ3) is 4.24. The Morgan fingerprint density at radius 2 is 1.85 bits per heavy atom. The van der Waals surface area contributed by atoms with Crippen molar-refractivity contribution in [1.29, 1.82) is 0 Å². The highest BCUT2D eigenvalue weighted by atomic mass is 16.4. The van der Waals surface area contributed by atoms with Gasteiger partial charge in [-0.15, -0.1) is 0 Å². The zero-order valence-electron chi connectivity index (χ0n) is 18.6. The molecule has 6 N–H and O–H groups in total. The van der Waals surface area contributed by atoms with Gasteiger partial charge < -0.3 is 26.4 Å². The van der Waals surface area contributed by atoms with Crippen LogP contribution in [-0.2, 0) is 0 Å². The number of nitrogen functional groups attached to an aromatic ring is 2. The van der Waals surface area contributed by atoms with E-state index in [0.29, 0.717) is 18.1 Å². The summed E-state index contributed by atoms with van der Waals surface area (Å²) in [4.78, 5) is 25.0. The number of hydrogen-bond donors (Lipinski definition) is 4. The van der Waals surface area contributed by atoms with Crippen LogP contribution in [-0.4, -0.2) is 61.4 Å². The van der Waals surface area contributed by atoms with Crippen molar-refractivity contribution in [2.24, 2.45) is 0 Å². The van der Waals surface area contributed by atoms with Crippen LogP contribution < -0.4 is 16.4 Å². The van der Waals surface area contributed by atoms with Crippen molar-refractivity contribution in [3.63, 3.8) is 0 Å². The fourth-order valence-corrected chi connectivity index (χ4v) is 5.32. The minimum Gasteiger partial charge on any atom is -0.465 e. The van der Waals surface area contributed by atoms with E-state index in [1.54, 1.807) is 4.90 Å². The fourth-order valence-electron chi connectivity index (χ4n) is 5.32. The van der Waals surface area contributed by atoms with Crippen LogP contribution in [0.3, 0.4) is 0 Å². The van der Waals surface area contributed by atoms with Gasteiger partial charge in [-0.3, -0.25) is 5.10 Å². The summed E-state index contributed by atoms with van der Waals surface area (Å²) in [6.45, 7) is 1.41. The molecule has 174 valence electrons. The maximum atomic E-state index is 12.2. The topological polar surface area (TPSA) is 150 Å². The van der Waals surface area contributed by atoms with E-state index in [4.69, 9.17) is 11.5 Å². The van der Waals surface area contributed by atoms with Gasteiger partial charge in [0.25, 0.3) is 0 Å². The number of carboxylic acid groups (broad SMARTS) is 1. The van der Waals surface area contributed by atoms with Crippen molar-refractivity contribution in [2.45, 2.75) is 57.0 Å². The maximum Gasteiger partial charge on any atom is 0.407 e. The molecule has 1 saturated carbocycles. The number of carbonyl (C=O) groups is 1. The van der Waals surface area contributed by atoms with E-state index in [1.807, 2.05) is 24.3 Å². The number of benzene rings is 1. The first kappa shape index (κ1) is 21.3. The van der Waals surface area contributed by atoms with Crippen LogP contribution in [0.2, 0.25) is 0 Å². The predicted octanol–water partition coefficient (Wildman–Crippen LogP) is 3.47. The van der Waals surface area contributed by atoms with Crippen LogP contribution in [0, 0.1) is 0 Å². The number of nitrogens with one attached hydrogen (secondary N) is 1. The summed E-state index contributed by atoms with van der Waals surface area (Å²) in [5, 5.41) is 17.8. The molecule has 33 heavy (non-hydrogen) atoms. The molecule has 1 saturated heterocycles. The Morgan fingerprint density at radius 3 is 2.64 bits per heavy atom. The van der Waals surface area contributed by atoms with Crippen molar-refractivity contribution in [2.75, 3.05) is 29.5 Å². The van der Waals surface area contributed by atoms with Gasteiger partial charge in [0.2, 0.25) is 5.95 Å². The molecule has 2 aromatic heterocycles. The van der Waals surface area contributed by atoms with Crippen LogP contribution >= 0.6 is 0 Å². The lowest BCUT2D eigenvalue weighted by molar-refractivity contribution is 0.0780. The van der Waals surface area contributed by atoms with E-state index < -0.39 is 6.09 Å². The molecule has 1 aliphatic carbocycles. The van der Waals surface area contributed by atoms with E-state index >= 15 is 0 Å². The van der Waals surface area contributed by atoms with Crippen LogP contribution in [0.15, 0.2) is 24.3 Å². The van der Waals surface area contributed by atoms with Gasteiger partial charge in [-0.25, -0.2) is 9.78 Å². The van der Waals surface area contributed by atoms with E-state index in [-0.39, 0.29) is 18.0 Å². The van der Waals surface area contributed by atoms with Crippen molar-refractivity contribution in [3.8, 4) is 11.3 Å². The molecule has 1 aromatic carbocycles. The molecule has 3 heterocycles. The number of fused-ring (bicyclic) bond motifs is 1. The van der Waals surface area contributed by atoms with E-state index in [0.717, 1.165) is 67.4 Å². The minimum atomic E-state index is -0.816. The van der Waals surface area contributed by atoms with Gasteiger partial charge in [0.15, 0.2) is 5.82 Å². The molecule has 1 atom stereocenters. The number of aromatic amines is 1. The highest BCUT2D eigenvalue weighted by Crippen LogP contribution is 2.31. The number of nitrogens with two attached hydrogens (primary N) is 2. The lowest BCUT2D eigenvalue weighted by Crippen LogP contribution is -2.54. The molecule has 10 heteroatoms. The van der Waals surface area contributed by atoms with Crippen LogP contribution in [0.25, 0.3) is 22.2 Å². The van der Waals surface area contributed by atoms with Crippen molar-refractivity contribution in [3.05, 3.63) is 24.3 Å². The first-order chi connectivity index (χ1) is 16.0. The molecule has 5 rings (SSSR count). The Kier molecular flexibility index (Phi) is 5.65. The summed E-state index contributed by atoms with van der Waals surface area (Å²) in [6.07, 6.45) is 6.25. The van der Waals surface area contributed by atoms with Crippen LogP contribution in [0.4, 0.5) is 22.4 Å². The van der Waals surface area contributed by atoms with Crippen LogP contribution in [0.5, 0.6) is 0 Å². The molecule has 1 aliphatic heterocycles. The Balaban J connectivity index is 1.41. The Hall–Kier alpha value is -3.56. The molecule has 0 unspecified atom stereocenters. The second-order valence-corrected chi connectivity index (χ2v) is 9.06. The van der Waals surface area contributed by atoms with Gasteiger partial charge in [-0.2, -0.15) is 10.1 Å². The summed E-state index contributed by atoms with van der Waals surface area (Å²) in [5.41, 5.74) is 14.4. The average molecular weight is 451 g/mol. The first-order valence-corrected chi connectivity index (χ1v) is 11.6. The van der Waals surface area contributed by atoms with Gasteiger partial charge in [0, 0.05) is 36.1 Å². The second kappa shape index (κ2) is 8.76. The van der Waals surface area contributed by atoms with E-state index in [1.165, 1.54) is 6.42 Å². The lowest BCUT2D eigenvalue weighted by atomic mass is 9.92. The average Bonchev–Trinajstić information content (AvgIpc) is 3.19. The summed E-state index contributed by atoms with van der Waals surface area (Å²) in [6, 6.07) is 7.77. The smallest absolute Gasteiger partial charge is 0.407 e. The lowest BCUT2D eigenvalue weighted by Gasteiger charge is -2.43. The zero-order chi connectivity index (χ0) is 22.9. The molecule has 0 bridgehead atoms. The van der Waals surface area contributed by atoms with Gasteiger partial charge in [-0.1, -0.05) is 25.3 Å². The number of anilines is 3. The predicted molar refractivity (Wildman–Crippen MR) is 128 cm³/mol. The Bertz CT molecular complexity index is 1160. The normalized spacial score (nSPS) is 19.6. The monoisotopic (exact) mass is 450 g/mol. The van der Waals surface area contributed by atoms with E-state index in [2.05, 4.69) is 25.1 Å². The van der Waals surface area contributed by atoms with Gasteiger partial charge in [0.05, 0.1) is 17.3 Å². The van der Waals surface area contributed by atoms with Gasteiger partial charge in [-0.05, 0) is 37.8 Å². The maximum absolute atomic E-state index is 12.2. The molecule has 10 nitrogen and oxygen atoms in total. The summed E-state index contributed by atoms with van der Waals surface area (Å²) >= 11 is 0. The molecule has 0 radical (unpaired) electrons. The van der Waals surface area contributed by atoms with Crippen LogP contribution in [0.1, 0.15) is 44.9 Å². The summed E-state index contributed by atoms with van der Waals surface area (Å²) in [5.74, 6) is 1.37. The number of H-pyrrole nitrogens is 1. The number of rotatable bonds is 4. The van der Waals surface area contributed by atoms with Crippen molar-refractivity contribution >= 4 is 34.6 Å². The number of nitrogens with zero attached hydrogens (tertiary/aromatic N) is 5. The largest absolute Gasteiger partial charge is 0.465 e. The quantitative estimate of drug-likeness (QED) is 0.472. The Morgan fingerprint density at radius 1 is 1.06 bits per heavy atom. The second-order valence-electron chi connectivity index (χ2n) is 9.06. The molecular weight excluding hydrogens is 420 g/mol. The third-order valence-corrected chi connectivity index (χ3v) is 6.92. The molecule has 2 aliphatic rings. The molecule has 3 aromatic rings. The number of piperidine rings is 1. The standard InChI is InChI=1S/C23H30N8O2/c24-21-17-9-8-14(11-19(17)28-29-21)18-12-20(27-22(25)26-18)30-10-4-7-16(13-30)31(23(32)33)15-5-2-1-3-6-15/h8-9,11-12,15-16H,1-7,10,13H2,(H,32,33)(H3,24,28,29)(H2,25,26,27)/t16-/m1/s1. The molecule has 1 amide bonds. The minimum absolute atomic E-state index is 0.0525. The number of amides is 1. The summed E-state index contributed by atoms with van der Waals surface area (Å²) in [7, 11) is 0. The van der Waals surface area contributed by atoms with Crippen molar-refractivity contribution < 1.29 is 9.90 Å². The summed E-state index contributed by atoms with van der Waals surface area (Å²) < 4.78 is 0. The SMILES string of the molecule is Nc1nc(-c2ccc3c(N)n[nH]c3c2)cc(N2CCC[C@@H](N(C(=O)O)C3CCCCC3)C2)n1. The third-order valence-electron chi connectivity index (χ3n) is 6.92. The zero-order valence-corrected chi connectivity index (χ0v) is 18.6. The fraction of sp³-hybridized carbons (Fsp3) is 0.478. The van der Waals surface area contributed by atoms with Gasteiger partial charge in [0.1, 0.15) is 5.82 Å². The number of hydrogen-bond acceptors (Lipinski definition) is 7. The molecular formula is C23H30N8O2. The highest BCUT2D eigenvalue weighted by molar-refractivity contribution is 5.91. The first-order valence-electron chi connectivity index (χ1n) is 11.6. The highest BCUT2D eigenvalue weighted by Gasteiger charge is 2.34. The Labute approximate surface area is 192 Å². The number of aromatic nitrogens is 4. The molecule has 2 fully saturated rings. The van der Waals surface area contributed by atoms with Crippen molar-refractivity contribution in [1.82, 2.24) is 25.1 Å². The van der Waals surface area contributed by atoms with E-state index in [9.17, 15) is 9.90 Å².